The average Bonchev–Trinajstić information content (AvgIpc) is 2.76. The van der Waals surface area contributed by atoms with Crippen molar-refractivity contribution in [3.05, 3.63) is 109 Å². The van der Waals surface area contributed by atoms with Crippen LogP contribution in [0.25, 0.3) is 11.1 Å². The van der Waals surface area contributed by atoms with E-state index < -0.39 is 7.12 Å². The third kappa shape index (κ3) is 3.84. The van der Waals surface area contributed by atoms with Crippen LogP contribution in [0.1, 0.15) is 0 Å². The van der Waals surface area contributed by atoms with Gasteiger partial charge in [-0.15, -0.1) is 0 Å². The molecule has 4 aromatic carbocycles. The number of benzene rings is 4. The van der Waals surface area contributed by atoms with Crippen molar-refractivity contribution in [1.29, 1.82) is 0 Å². The molecule has 3 nitrogen and oxygen atoms in total. The predicted molar refractivity (Wildman–Crippen MR) is 116 cm³/mol. The highest BCUT2D eigenvalue weighted by Gasteiger charge is 2.14. The Morgan fingerprint density at radius 3 is 1.57 bits per heavy atom. The molecule has 136 valence electrons. The van der Waals surface area contributed by atoms with Crippen LogP contribution in [0.2, 0.25) is 0 Å². The van der Waals surface area contributed by atoms with E-state index in [-0.39, 0.29) is 0 Å². The van der Waals surface area contributed by atoms with Gasteiger partial charge in [0.25, 0.3) is 0 Å². The zero-order valence-corrected chi connectivity index (χ0v) is 15.3. The molecule has 0 saturated carbocycles. The molecule has 0 amide bonds. The number of hydrogen-bond acceptors (Lipinski definition) is 3. The molecule has 0 fully saturated rings. The van der Waals surface area contributed by atoms with Crippen molar-refractivity contribution >= 4 is 29.6 Å². The Balaban J connectivity index is 1.81. The molecular formula is C24H20BNO2. The van der Waals surface area contributed by atoms with E-state index in [1.54, 1.807) is 12.1 Å². The van der Waals surface area contributed by atoms with Crippen LogP contribution in [0.5, 0.6) is 0 Å². The quantitative estimate of drug-likeness (QED) is 0.512. The van der Waals surface area contributed by atoms with Gasteiger partial charge in [0.15, 0.2) is 0 Å². The van der Waals surface area contributed by atoms with Crippen molar-refractivity contribution in [1.82, 2.24) is 0 Å². The van der Waals surface area contributed by atoms with Crippen molar-refractivity contribution in [3.63, 3.8) is 0 Å². The number of anilines is 3. The van der Waals surface area contributed by atoms with Crippen LogP contribution in [0, 0.1) is 0 Å². The highest BCUT2D eigenvalue weighted by Crippen LogP contribution is 2.35. The fourth-order valence-corrected chi connectivity index (χ4v) is 3.30. The summed E-state index contributed by atoms with van der Waals surface area (Å²) in [5, 5.41) is 19.0. The van der Waals surface area contributed by atoms with Crippen LogP contribution in [-0.2, 0) is 0 Å². The summed E-state index contributed by atoms with van der Waals surface area (Å²) in [5.74, 6) is 0. The lowest BCUT2D eigenvalue weighted by atomic mass is 9.79. The van der Waals surface area contributed by atoms with Crippen LogP contribution in [0.15, 0.2) is 109 Å². The number of nitrogens with zero attached hydrogens (tertiary/aromatic N) is 1. The molecule has 28 heavy (non-hydrogen) atoms. The first-order valence-electron chi connectivity index (χ1n) is 9.19. The van der Waals surface area contributed by atoms with Gasteiger partial charge in [-0.05, 0) is 53.0 Å². The van der Waals surface area contributed by atoms with Gasteiger partial charge in [-0.25, -0.2) is 0 Å². The van der Waals surface area contributed by atoms with E-state index in [9.17, 15) is 10.0 Å². The molecule has 0 aromatic heterocycles. The second-order valence-corrected chi connectivity index (χ2v) is 6.56. The van der Waals surface area contributed by atoms with Gasteiger partial charge in [-0.2, -0.15) is 0 Å². The number of para-hydroxylation sites is 2. The topological polar surface area (TPSA) is 43.7 Å². The Morgan fingerprint density at radius 2 is 1.00 bits per heavy atom. The highest BCUT2D eigenvalue weighted by atomic mass is 16.4. The van der Waals surface area contributed by atoms with Crippen molar-refractivity contribution in [2.45, 2.75) is 0 Å². The van der Waals surface area contributed by atoms with Crippen LogP contribution in [0.4, 0.5) is 17.1 Å². The monoisotopic (exact) mass is 365 g/mol. The fraction of sp³-hybridized carbons (Fsp3) is 0. The maximum absolute atomic E-state index is 9.48. The average molecular weight is 365 g/mol. The summed E-state index contributed by atoms with van der Waals surface area (Å²) in [4.78, 5) is 2.20. The fourth-order valence-electron chi connectivity index (χ4n) is 3.30. The van der Waals surface area contributed by atoms with Crippen LogP contribution in [-0.4, -0.2) is 17.2 Å². The van der Waals surface area contributed by atoms with E-state index in [1.807, 2.05) is 60.7 Å². The Hall–Kier alpha value is -3.34. The van der Waals surface area contributed by atoms with Crippen molar-refractivity contribution < 1.29 is 10.0 Å². The standard InChI is InChI=1S/C24H20BNO2/c27-25(28)21-11-7-9-19(17-21)20-10-8-16-24(18-20)26(22-12-3-1-4-13-22)23-14-5-2-6-15-23/h1-18,27-28H. The molecule has 2 N–H and O–H groups in total. The molecule has 0 aliphatic rings. The van der Waals surface area contributed by atoms with E-state index in [0.29, 0.717) is 5.46 Å². The molecule has 0 bridgehead atoms. The summed E-state index contributed by atoms with van der Waals surface area (Å²) in [6.45, 7) is 0. The zero-order chi connectivity index (χ0) is 19.3. The summed E-state index contributed by atoms with van der Waals surface area (Å²) in [5.41, 5.74) is 5.61. The maximum Gasteiger partial charge on any atom is 0.488 e. The SMILES string of the molecule is OB(O)c1cccc(-c2cccc(N(c3ccccc3)c3ccccc3)c2)c1. The van der Waals surface area contributed by atoms with Gasteiger partial charge in [0.2, 0.25) is 0 Å². The summed E-state index contributed by atoms with van der Waals surface area (Å²) >= 11 is 0. The third-order valence-corrected chi connectivity index (χ3v) is 4.65. The van der Waals surface area contributed by atoms with Gasteiger partial charge in [-0.3, -0.25) is 0 Å². The predicted octanol–water partition coefficient (Wildman–Crippen LogP) is 4.50. The van der Waals surface area contributed by atoms with Gasteiger partial charge < -0.3 is 14.9 Å². The molecule has 0 saturated heterocycles. The van der Waals surface area contributed by atoms with Gasteiger partial charge in [0.05, 0.1) is 0 Å². The summed E-state index contributed by atoms with van der Waals surface area (Å²) in [6, 6.07) is 36.0. The normalized spacial score (nSPS) is 10.5. The molecule has 0 spiro atoms. The van der Waals surface area contributed by atoms with Gasteiger partial charge >= 0.3 is 7.12 Å². The Bertz CT molecular complexity index is 1010. The Labute approximate surface area is 165 Å². The minimum atomic E-state index is -1.48. The van der Waals surface area contributed by atoms with Gasteiger partial charge in [0, 0.05) is 17.1 Å². The van der Waals surface area contributed by atoms with E-state index in [1.165, 1.54) is 0 Å². The third-order valence-electron chi connectivity index (χ3n) is 4.65. The summed E-state index contributed by atoms with van der Waals surface area (Å²) < 4.78 is 0. The molecule has 4 rings (SSSR count). The largest absolute Gasteiger partial charge is 0.488 e. The molecule has 0 unspecified atom stereocenters. The second kappa shape index (κ2) is 8.13. The first kappa shape index (κ1) is 18.0. The molecular weight excluding hydrogens is 345 g/mol. The van der Waals surface area contributed by atoms with Crippen LogP contribution < -0.4 is 10.4 Å². The molecule has 0 heterocycles. The van der Waals surface area contributed by atoms with Gasteiger partial charge in [-0.1, -0.05) is 72.8 Å². The van der Waals surface area contributed by atoms with Gasteiger partial charge in [0.1, 0.15) is 0 Å². The van der Waals surface area contributed by atoms with Crippen molar-refractivity contribution in [3.8, 4) is 11.1 Å². The first-order chi connectivity index (χ1) is 13.7. The van der Waals surface area contributed by atoms with Crippen molar-refractivity contribution in [2.75, 3.05) is 4.90 Å². The first-order valence-corrected chi connectivity index (χ1v) is 9.19. The lowest BCUT2D eigenvalue weighted by Crippen LogP contribution is -2.29. The molecule has 0 aliphatic carbocycles. The molecule has 0 radical (unpaired) electrons. The molecule has 0 atom stereocenters. The van der Waals surface area contributed by atoms with E-state index >= 15 is 0 Å². The minimum absolute atomic E-state index is 0.478. The van der Waals surface area contributed by atoms with Crippen molar-refractivity contribution in [2.24, 2.45) is 0 Å². The molecule has 0 aliphatic heterocycles. The molecule has 4 aromatic rings. The van der Waals surface area contributed by atoms with E-state index in [0.717, 1.165) is 28.2 Å². The minimum Gasteiger partial charge on any atom is -0.423 e. The van der Waals surface area contributed by atoms with Crippen LogP contribution >= 0.6 is 0 Å². The second-order valence-electron chi connectivity index (χ2n) is 6.56. The highest BCUT2D eigenvalue weighted by molar-refractivity contribution is 6.58. The Kier molecular flexibility index (Phi) is 5.24. The zero-order valence-electron chi connectivity index (χ0n) is 15.3. The van der Waals surface area contributed by atoms with E-state index in [4.69, 9.17) is 0 Å². The Morgan fingerprint density at radius 1 is 0.500 bits per heavy atom. The maximum atomic E-state index is 9.48. The smallest absolute Gasteiger partial charge is 0.423 e. The summed E-state index contributed by atoms with van der Waals surface area (Å²) in [7, 11) is -1.48. The lowest BCUT2D eigenvalue weighted by Gasteiger charge is -2.26. The molecule has 4 heteroatoms. The number of rotatable bonds is 5. The lowest BCUT2D eigenvalue weighted by molar-refractivity contribution is 0.426. The van der Waals surface area contributed by atoms with E-state index in [2.05, 4.69) is 41.3 Å². The summed E-state index contributed by atoms with van der Waals surface area (Å²) in [6.07, 6.45) is 0. The van der Waals surface area contributed by atoms with Crippen LogP contribution in [0.3, 0.4) is 0 Å². The number of hydrogen-bond donors (Lipinski definition) is 2.